The quantitative estimate of drug-likeness (QED) is 0.433. The highest BCUT2D eigenvalue weighted by atomic mass is 14.9. The minimum Gasteiger partial charge on any atom is -0.223 e. The summed E-state index contributed by atoms with van der Waals surface area (Å²) in [6.07, 6.45) is 0. The van der Waals surface area contributed by atoms with Gasteiger partial charge in [-0.05, 0) is 30.5 Å². The number of hydrogen-bond donors (Lipinski definition) is 0. The van der Waals surface area contributed by atoms with Gasteiger partial charge in [0.25, 0.3) is 0 Å². The first-order valence-electron chi connectivity index (χ1n) is 8.57. The van der Waals surface area contributed by atoms with Crippen LogP contribution in [0.5, 0.6) is 0 Å². The maximum Gasteiger partial charge on any atom is 0.147 e. The average Bonchev–Trinajstić information content (AvgIpc) is 2.67. The van der Waals surface area contributed by atoms with Gasteiger partial charge in [-0.25, -0.2) is 9.98 Å². The largest absolute Gasteiger partial charge is 0.223 e. The zero-order valence-electron chi connectivity index (χ0n) is 14.6. The van der Waals surface area contributed by atoms with Crippen LogP contribution in [0.25, 0.3) is 0 Å². The molecule has 124 valence electrons. The Morgan fingerprint density at radius 1 is 0.640 bits per heavy atom. The van der Waals surface area contributed by atoms with Crippen LogP contribution in [0.3, 0.4) is 0 Å². The van der Waals surface area contributed by atoms with Crippen LogP contribution < -0.4 is 0 Å². The van der Waals surface area contributed by atoms with Gasteiger partial charge < -0.3 is 0 Å². The van der Waals surface area contributed by atoms with Gasteiger partial charge in [0.2, 0.25) is 0 Å². The fourth-order valence-corrected chi connectivity index (χ4v) is 2.95. The van der Waals surface area contributed by atoms with Crippen LogP contribution in [-0.2, 0) is 5.54 Å². The molecular weight excluding hydrogens is 304 g/mol. The second-order valence-corrected chi connectivity index (χ2v) is 6.24. The number of aliphatic imine (C=N–C) groups is 2. The maximum atomic E-state index is 4.89. The topological polar surface area (TPSA) is 24.7 Å². The molecule has 0 atom stereocenters. The molecule has 0 amide bonds. The summed E-state index contributed by atoms with van der Waals surface area (Å²) in [5.74, 6) is 0. The van der Waals surface area contributed by atoms with Crippen LogP contribution >= 0.6 is 0 Å². The third-order valence-corrected chi connectivity index (χ3v) is 4.11. The lowest BCUT2D eigenvalue weighted by molar-refractivity contribution is 0.658. The Bertz CT molecular complexity index is 750. The van der Waals surface area contributed by atoms with Gasteiger partial charge in [0, 0.05) is 0 Å². The molecule has 0 fully saturated rings. The molecule has 2 heteroatoms. The Morgan fingerprint density at radius 3 is 1.32 bits per heavy atom. The molecule has 0 heterocycles. The number of nitrogens with zero attached hydrogens (tertiary/aromatic N) is 2. The number of hydrogen-bond acceptors (Lipinski definition) is 2. The molecule has 0 bridgehead atoms. The van der Waals surface area contributed by atoms with Gasteiger partial charge in [0.1, 0.15) is 5.54 Å². The molecule has 3 rings (SSSR count). The normalized spacial score (nSPS) is 11.0. The first kappa shape index (κ1) is 16.9. The molecule has 0 aliphatic rings. The van der Waals surface area contributed by atoms with E-state index < -0.39 is 5.54 Å². The summed E-state index contributed by atoms with van der Waals surface area (Å²) in [6, 6.07) is 34.1. The van der Waals surface area contributed by atoms with Crippen molar-refractivity contribution in [1.29, 1.82) is 0 Å². The third kappa shape index (κ3) is 3.60. The predicted molar refractivity (Wildman–Crippen MR) is 104 cm³/mol. The fraction of sp³-hybridized carbons (Fsp3) is 0.174. The summed E-state index contributed by atoms with van der Waals surface area (Å²) in [5.41, 5.74) is 2.62. The average molecular weight is 326 g/mol. The second kappa shape index (κ2) is 7.74. The minimum absolute atomic E-state index is 0.156. The van der Waals surface area contributed by atoms with Crippen LogP contribution in [-0.4, -0.2) is 12.1 Å². The summed E-state index contributed by atoms with van der Waals surface area (Å²) in [5, 5.41) is 0. The van der Waals surface area contributed by atoms with Gasteiger partial charge in [-0.15, -0.1) is 0 Å². The highest BCUT2D eigenvalue weighted by molar-refractivity contribution is 5.55. The van der Waals surface area contributed by atoms with Crippen molar-refractivity contribution in [2.75, 3.05) is 0 Å². The molecule has 3 aromatic rings. The molecule has 0 saturated carbocycles. The van der Waals surface area contributed by atoms with Crippen LogP contribution in [0, 0.1) is 0 Å². The first-order valence-corrected chi connectivity index (χ1v) is 8.57. The van der Waals surface area contributed by atoms with Crippen LogP contribution in [0.1, 0.15) is 30.5 Å². The molecule has 0 aliphatic carbocycles. The van der Waals surface area contributed by atoms with Crippen molar-refractivity contribution in [3.63, 3.8) is 0 Å². The number of benzene rings is 3. The highest BCUT2D eigenvalue weighted by Crippen LogP contribution is 2.40. The Hall–Kier alpha value is -2.96. The standard InChI is InChI=1S/C23H22N2/c1-19(2)24-18-25-23(20-12-6-3-7-13-20,21-14-8-4-9-15-21)22-16-10-5-11-17-22/h3-17,19H,1-2H3. The summed E-state index contributed by atoms with van der Waals surface area (Å²) in [7, 11) is 0. The monoisotopic (exact) mass is 326 g/mol. The van der Waals surface area contributed by atoms with Gasteiger partial charge in [-0.2, -0.15) is 0 Å². The number of rotatable bonds is 5. The predicted octanol–water partition coefficient (Wildman–Crippen LogP) is 5.56. The van der Waals surface area contributed by atoms with Crippen molar-refractivity contribution in [2.24, 2.45) is 9.98 Å². The summed E-state index contributed by atoms with van der Waals surface area (Å²) in [6.45, 7) is 4.05. The van der Waals surface area contributed by atoms with E-state index in [4.69, 9.17) is 4.99 Å². The van der Waals surface area contributed by atoms with E-state index in [0.29, 0.717) is 0 Å². The van der Waals surface area contributed by atoms with Gasteiger partial charge in [0.15, 0.2) is 0 Å². The molecule has 25 heavy (non-hydrogen) atoms. The van der Waals surface area contributed by atoms with E-state index >= 15 is 0 Å². The second-order valence-electron chi connectivity index (χ2n) is 6.24. The lowest BCUT2D eigenvalue weighted by atomic mass is 9.77. The molecule has 0 N–H and O–H groups in total. The zero-order valence-corrected chi connectivity index (χ0v) is 14.6. The Morgan fingerprint density at radius 2 is 1.00 bits per heavy atom. The molecule has 2 nitrogen and oxygen atoms in total. The van der Waals surface area contributed by atoms with Crippen molar-refractivity contribution < 1.29 is 0 Å². The van der Waals surface area contributed by atoms with Crippen molar-refractivity contribution in [3.8, 4) is 0 Å². The molecule has 0 aliphatic heterocycles. The fourth-order valence-electron chi connectivity index (χ4n) is 2.95. The van der Waals surface area contributed by atoms with Gasteiger partial charge in [0.05, 0.1) is 12.1 Å². The maximum absolute atomic E-state index is 4.89. The van der Waals surface area contributed by atoms with Gasteiger partial charge >= 0.3 is 0 Å². The zero-order chi connectivity index (χ0) is 17.5. The Labute approximate surface area is 149 Å². The van der Waals surface area contributed by atoms with E-state index in [1.807, 2.05) is 68.4 Å². The van der Waals surface area contributed by atoms with E-state index in [0.717, 1.165) is 16.7 Å². The molecule has 0 unspecified atom stereocenters. The third-order valence-electron chi connectivity index (χ3n) is 4.11. The van der Waals surface area contributed by atoms with Crippen molar-refractivity contribution in [1.82, 2.24) is 0 Å². The Balaban J connectivity index is 2.34. The minimum atomic E-state index is -0.665. The lowest BCUT2D eigenvalue weighted by Gasteiger charge is -2.30. The highest BCUT2D eigenvalue weighted by Gasteiger charge is 2.35. The van der Waals surface area contributed by atoms with E-state index in [9.17, 15) is 0 Å². The van der Waals surface area contributed by atoms with Gasteiger partial charge in [-0.3, -0.25) is 0 Å². The molecule has 0 radical (unpaired) electrons. The van der Waals surface area contributed by atoms with E-state index in [-0.39, 0.29) is 6.04 Å². The lowest BCUT2D eigenvalue weighted by Crippen LogP contribution is -2.27. The molecule has 0 aromatic heterocycles. The summed E-state index contributed by atoms with van der Waals surface area (Å²) >= 11 is 0. The molecule has 0 spiro atoms. The van der Waals surface area contributed by atoms with Crippen LogP contribution in [0.2, 0.25) is 0 Å². The smallest absolute Gasteiger partial charge is 0.147 e. The summed E-state index contributed by atoms with van der Waals surface area (Å²) < 4.78 is 0. The molecule has 0 saturated heterocycles. The Kier molecular flexibility index (Phi) is 5.23. The van der Waals surface area contributed by atoms with E-state index in [2.05, 4.69) is 47.4 Å². The molecule has 3 aromatic carbocycles. The van der Waals surface area contributed by atoms with Crippen molar-refractivity contribution in [2.45, 2.75) is 25.4 Å². The van der Waals surface area contributed by atoms with Crippen molar-refractivity contribution in [3.05, 3.63) is 108 Å². The van der Waals surface area contributed by atoms with E-state index in [1.54, 1.807) is 0 Å². The van der Waals surface area contributed by atoms with Crippen molar-refractivity contribution >= 4 is 6.01 Å². The summed E-state index contributed by atoms with van der Waals surface area (Å²) in [4.78, 5) is 9.26. The van der Waals surface area contributed by atoms with E-state index in [1.165, 1.54) is 0 Å². The molecular formula is C23H22N2. The van der Waals surface area contributed by atoms with Gasteiger partial charge in [-0.1, -0.05) is 91.0 Å². The van der Waals surface area contributed by atoms with Crippen LogP contribution in [0.15, 0.2) is 101 Å². The van der Waals surface area contributed by atoms with Crippen LogP contribution in [0.4, 0.5) is 0 Å². The first-order chi connectivity index (χ1) is 12.2. The SMILES string of the molecule is CC(C)N=C=NC(c1ccccc1)(c1ccccc1)c1ccccc1.